The number of aromatic amines is 1. The van der Waals surface area contributed by atoms with E-state index in [4.69, 9.17) is 0 Å². The maximum Gasteiger partial charge on any atom is 0.433 e. The fourth-order valence-corrected chi connectivity index (χ4v) is 4.26. The van der Waals surface area contributed by atoms with Crippen molar-refractivity contribution in [3.63, 3.8) is 0 Å². The number of piperazine rings is 1. The third-order valence-electron chi connectivity index (χ3n) is 5.97. The highest BCUT2D eigenvalue weighted by atomic mass is 19.4. The third-order valence-corrected chi connectivity index (χ3v) is 5.97. The molecule has 2 aromatic carbocycles. The number of alkyl halides is 3. The normalized spacial score (nSPS) is 14.4. The molecule has 0 unspecified atom stereocenters. The molecule has 33 heavy (non-hydrogen) atoms. The first-order valence-electron chi connectivity index (χ1n) is 10.5. The number of fused-ring (bicyclic) bond motifs is 1. The first-order valence-corrected chi connectivity index (χ1v) is 10.5. The molecule has 3 heterocycles. The van der Waals surface area contributed by atoms with Crippen LogP contribution in [0.2, 0.25) is 0 Å². The van der Waals surface area contributed by atoms with E-state index in [2.05, 4.69) is 56.2 Å². The van der Waals surface area contributed by atoms with Gasteiger partial charge >= 0.3 is 6.18 Å². The molecule has 0 atom stereocenters. The van der Waals surface area contributed by atoms with Crippen LogP contribution in [-0.2, 0) is 6.18 Å². The number of anilines is 2. The van der Waals surface area contributed by atoms with Gasteiger partial charge in [0.2, 0.25) is 0 Å². The second-order valence-corrected chi connectivity index (χ2v) is 8.03. The number of nitrogens with one attached hydrogen (secondary N) is 1. The lowest BCUT2D eigenvalue weighted by Crippen LogP contribution is -2.46. The summed E-state index contributed by atoms with van der Waals surface area (Å²) in [4.78, 5) is 9.05. The smallest absolute Gasteiger partial charge is 0.368 e. The minimum atomic E-state index is -4.50. The summed E-state index contributed by atoms with van der Waals surface area (Å²) in [6.07, 6.45) is -1.52. The zero-order valence-corrected chi connectivity index (χ0v) is 17.5. The van der Waals surface area contributed by atoms with Gasteiger partial charge in [-0.25, -0.2) is 0 Å². The van der Waals surface area contributed by atoms with E-state index in [1.165, 1.54) is 17.4 Å². The molecule has 0 amide bonds. The molecule has 2 aromatic heterocycles. The van der Waals surface area contributed by atoms with E-state index in [0.29, 0.717) is 5.56 Å². The number of pyridine rings is 1. The number of H-pyrrole nitrogens is 1. The molecule has 1 fully saturated rings. The average molecular weight is 454 g/mol. The van der Waals surface area contributed by atoms with Gasteiger partial charge in [-0.05, 0) is 42.8 Å². The van der Waals surface area contributed by atoms with Gasteiger partial charge in [-0.15, -0.1) is 0 Å². The van der Waals surface area contributed by atoms with Crippen molar-refractivity contribution < 1.29 is 13.2 Å². The number of aryl methyl sites for hydroxylation is 1. The summed E-state index contributed by atoms with van der Waals surface area (Å²) in [6, 6.07) is 15.7. The molecule has 0 spiro atoms. The molecule has 0 aliphatic carbocycles. The van der Waals surface area contributed by atoms with Crippen molar-refractivity contribution in [1.29, 1.82) is 0 Å². The summed E-state index contributed by atoms with van der Waals surface area (Å²) in [6.45, 7) is 5.44. The summed E-state index contributed by atoms with van der Waals surface area (Å²) >= 11 is 0. The number of hydrogen-bond acceptors (Lipinski definition) is 4. The van der Waals surface area contributed by atoms with Crippen LogP contribution < -0.4 is 9.80 Å². The average Bonchev–Trinajstić information content (AvgIpc) is 3.30. The fraction of sp³-hybridized carbons (Fsp3) is 0.280. The second kappa shape index (κ2) is 8.77. The number of halogens is 3. The predicted molar refractivity (Wildman–Crippen MR) is 127 cm³/mol. The van der Waals surface area contributed by atoms with Crippen molar-refractivity contribution in [2.75, 3.05) is 36.0 Å². The number of nitrogens with zero attached hydrogens (tertiary/aromatic N) is 4. The SMILES string of the molecule is C.Cc1ccc(N2CCN(c3ccnc4ccc(-c5cn[nH]c5C(F)(F)F)cc34)CC2)cc1. The Bertz CT molecular complexity index is 1240. The molecule has 5 rings (SSSR count). The summed E-state index contributed by atoms with van der Waals surface area (Å²) in [5.74, 6) is 0. The van der Waals surface area contributed by atoms with Crippen molar-refractivity contribution in [2.45, 2.75) is 20.5 Å². The van der Waals surface area contributed by atoms with Crippen LogP contribution in [0.15, 0.2) is 60.9 Å². The minimum absolute atomic E-state index is 0. The standard InChI is InChI=1S/C24H22F3N5.CH4/c1-16-2-5-18(6-3-16)31-10-12-32(13-11-31)22-8-9-28-21-7-4-17(14-19(21)22)20-15-29-30-23(20)24(25,26)27;/h2-9,14-15H,10-13H2,1H3,(H,29,30);1H4. The van der Waals surface area contributed by atoms with Gasteiger partial charge in [0.15, 0.2) is 0 Å². The zero-order chi connectivity index (χ0) is 22.3. The molecule has 4 aromatic rings. The van der Waals surface area contributed by atoms with E-state index in [1.54, 1.807) is 24.4 Å². The van der Waals surface area contributed by atoms with Gasteiger partial charge in [0.1, 0.15) is 5.69 Å². The molecular weight excluding hydrogens is 427 g/mol. The zero-order valence-electron chi connectivity index (χ0n) is 17.5. The van der Waals surface area contributed by atoms with Crippen molar-refractivity contribution in [2.24, 2.45) is 0 Å². The lowest BCUT2D eigenvalue weighted by molar-refractivity contribution is -0.140. The van der Waals surface area contributed by atoms with Crippen LogP contribution in [0.1, 0.15) is 18.7 Å². The number of aromatic nitrogens is 3. The summed E-state index contributed by atoms with van der Waals surface area (Å²) < 4.78 is 40.1. The van der Waals surface area contributed by atoms with Crippen LogP contribution in [0, 0.1) is 6.92 Å². The van der Waals surface area contributed by atoms with E-state index < -0.39 is 11.9 Å². The van der Waals surface area contributed by atoms with Crippen LogP contribution >= 0.6 is 0 Å². The lowest BCUT2D eigenvalue weighted by Gasteiger charge is -2.37. The third kappa shape index (κ3) is 4.37. The molecular formula is C25H26F3N5. The van der Waals surface area contributed by atoms with E-state index in [9.17, 15) is 13.2 Å². The summed E-state index contributed by atoms with van der Waals surface area (Å²) in [5, 5.41) is 6.55. The van der Waals surface area contributed by atoms with Crippen molar-refractivity contribution in [3.8, 4) is 11.1 Å². The molecule has 0 radical (unpaired) electrons. The molecule has 1 aliphatic rings. The molecule has 0 bridgehead atoms. The Labute approximate surface area is 190 Å². The molecule has 1 aliphatic heterocycles. The maximum absolute atomic E-state index is 13.4. The van der Waals surface area contributed by atoms with Gasteiger partial charge in [-0.3, -0.25) is 10.1 Å². The van der Waals surface area contributed by atoms with Crippen molar-refractivity contribution in [3.05, 3.63) is 72.2 Å². The van der Waals surface area contributed by atoms with E-state index >= 15 is 0 Å². The lowest BCUT2D eigenvalue weighted by atomic mass is 10.0. The first-order chi connectivity index (χ1) is 15.4. The molecule has 1 saturated heterocycles. The maximum atomic E-state index is 13.4. The molecule has 8 heteroatoms. The monoisotopic (exact) mass is 453 g/mol. The van der Waals surface area contributed by atoms with Gasteiger partial charge in [-0.1, -0.05) is 31.2 Å². The highest BCUT2D eigenvalue weighted by Crippen LogP contribution is 2.37. The van der Waals surface area contributed by atoms with E-state index in [1.807, 2.05) is 6.07 Å². The molecule has 0 saturated carbocycles. The summed E-state index contributed by atoms with van der Waals surface area (Å²) in [5.41, 5.74) is 3.84. The minimum Gasteiger partial charge on any atom is -0.368 e. The quantitative estimate of drug-likeness (QED) is 0.419. The predicted octanol–water partition coefficient (Wildman–Crippen LogP) is 5.91. The fourth-order valence-electron chi connectivity index (χ4n) is 4.26. The van der Waals surface area contributed by atoms with Gasteiger partial charge in [0.05, 0.1) is 11.7 Å². The van der Waals surface area contributed by atoms with Crippen molar-refractivity contribution in [1.82, 2.24) is 15.2 Å². The van der Waals surface area contributed by atoms with Crippen LogP contribution in [-0.4, -0.2) is 41.4 Å². The van der Waals surface area contributed by atoms with Gasteiger partial charge < -0.3 is 9.80 Å². The topological polar surface area (TPSA) is 48.1 Å². The van der Waals surface area contributed by atoms with Crippen LogP contribution in [0.4, 0.5) is 24.5 Å². The van der Waals surface area contributed by atoms with Crippen molar-refractivity contribution >= 4 is 22.3 Å². The largest absolute Gasteiger partial charge is 0.433 e. The second-order valence-electron chi connectivity index (χ2n) is 8.03. The van der Waals surface area contributed by atoms with Gasteiger partial charge in [0, 0.05) is 54.7 Å². The molecule has 172 valence electrons. The van der Waals surface area contributed by atoms with Crippen LogP contribution in [0.5, 0.6) is 0 Å². The Morgan fingerprint density at radius 3 is 2.30 bits per heavy atom. The van der Waals surface area contributed by atoms with Gasteiger partial charge in [-0.2, -0.15) is 18.3 Å². The molecule has 1 N–H and O–H groups in total. The Hall–Kier alpha value is -3.55. The van der Waals surface area contributed by atoms with Crippen LogP contribution in [0.25, 0.3) is 22.0 Å². The van der Waals surface area contributed by atoms with Crippen LogP contribution in [0.3, 0.4) is 0 Å². The van der Waals surface area contributed by atoms with Gasteiger partial charge in [0.25, 0.3) is 0 Å². The molecule has 5 nitrogen and oxygen atoms in total. The number of benzene rings is 2. The Morgan fingerprint density at radius 2 is 1.61 bits per heavy atom. The Balaban J connectivity index is 0.00000259. The highest BCUT2D eigenvalue weighted by Gasteiger charge is 2.36. The highest BCUT2D eigenvalue weighted by molar-refractivity contribution is 5.95. The van der Waals surface area contributed by atoms with E-state index in [-0.39, 0.29) is 13.0 Å². The number of hydrogen-bond donors (Lipinski definition) is 1. The van der Waals surface area contributed by atoms with E-state index in [0.717, 1.165) is 42.8 Å². The first kappa shape index (κ1) is 22.6. The Kier molecular flexibility index (Phi) is 6.01. The summed E-state index contributed by atoms with van der Waals surface area (Å²) in [7, 11) is 0. The number of rotatable bonds is 3. The Morgan fingerprint density at radius 1 is 0.909 bits per heavy atom.